The van der Waals surface area contributed by atoms with Gasteiger partial charge in [0.2, 0.25) is 0 Å². The highest BCUT2D eigenvalue weighted by Crippen LogP contribution is 2.47. The van der Waals surface area contributed by atoms with Crippen molar-refractivity contribution < 1.29 is 35.5 Å². The zero-order chi connectivity index (χ0) is 12.8. The lowest BCUT2D eigenvalue weighted by molar-refractivity contribution is -0.167. The number of alkyl halides is 2. The van der Waals surface area contributed by atoms with Gasteiger partial charge in [0.15, 0.2) is 0 Å². The van der Waals surface area contributed by atoms with Gasteiger partial charge in [0.25, 0.3) is 5.83 Å². The fourth-order valence-electron chi connectivity index (χ4n) is 0.544. The Kier molecular flexibility index (Phi) is 6.98. The van der Waals surface area contributed by atoms with Crippen molar-refractivity contribution in [2.45, 2.75) is 20.0 Å². The van der Waals surface area contributed by atoms with E-state index in [2.05, 4.69) is 13.6 Å². The van der Waals surface area contributed by atoms with E-state index in [0.717, 1.165) is 0 Å². The Morgan fingerprint density at radius 1 is 1.06 bits per heavy atom. The maximum atomic E-state index is 12.7. The van der Waals surface area contributed by atoms with Crippen LogP contribution in [0.2, 0.25) is 0 Å². The minimum atomic E-state index is -4.76. The highest BCUT2D eigenvalue weighted by atomic mass is 31.2. The van der Waals surface area contributed by atoms with E-state index in [0.29, 0.717) is 0 Å². The lowest BCUT2D eigenvalue weighted by Crippen LogP contribution is -2.20. The molecule has 16 heavy (non-hydrogen) atoms. The highest BCUT2D eigenvalue weighted by molar-refractivity contribution is 7.41. The summed E-state index contributed by atoms with van der Waals surface area (Å²) >= 11 is 0. The molecule has 9 heteroatoms. The highest BCUT2D eigenvalue weighted by Gasteiger charge is 2.44. The van der Waals surface area contributed by atoms with Gasteiger partial charge in [-0.05, 0) is 13.8 Å². The monoisotopic (exact) mass is 268 g/mol. The second-order valence-electron chi connectivity index (χ2n) is 2.24. The zero-order valence-electron chi connectivity index (χ0n) is 8.48. The first kappa shape index (κ1) is 15.7. The van der Waals surface area contributed by atoms with Crippen molar-refractivity contribution >= 4 is 8.60 Å². The van der Waals surface area contributed by atoms with Gasteiger partial charge in [-0.1, -0.05) is 0 Å². The Labute approximate surface area is 90.2 Å². The topological polar surface area (TPSA) is 27.7 Å². The molecule has 0 aliphatic rings. The average Bonchev–Trinajstić information content (AvgIpc) is 2.16. The van der Waals surface area contributed by atoms with Gasteiger partial charge < -0.3 is 9.05 Å². The summed E-state index contributed by atoms with van der Waals surface area (Å²) in [6.45, 7) is 2.84. The summed E-state index contributed by atoms with van der Waals surface area (Å²) in [6, 6.07) is 0. The van der Waals surface area contributed by atoms with Crippen LogP contribution >= 0.6 is 8.60 Å². The molecule has 0 spiro atoms. The maximum absolute atomic E-state index is 12.7. The van der Waals surface area contributed by atoms with Gasteiger partial charge in [-0.3, -0.25) is 0 Å². The van der Waals surface area contributed by atoms with Gasteiger partial charge in [-0.15, -0.1) is 0 Å². The second kappa shape index (κ2) is 7.11. The summed E-state index contributed by atoms with van der Waals surface area (Å²) in [5, 5.41) is 0. The standard InChI is InChI=1S/C7H10F5O3P/c1-3-13-16(14-4-2)15-7(11,12)5(8)6(9)10/h3-4H2,1-2H3. The van der Waals surface area contributed by atoms with E-state index in [1.807, 2.05) is 0 Å². The Balaban J connectivity index is 4.58. The van der Waals surface area contributed by atoms with Crippen molar-refractivity contribution in [2.24, 2.45) is 0 Å². The fraction of sp³-hybridized carbons (Fsp3) is 0.714. The molecule has 0 aromatic heterocycles. The lowest BCUT2D eigenvalue weighted by atomic mass is 10.5. The molecule has 0 aliphatic heterocycles. The van der Waals surface area contributed by atoms with Gasteiger partial charge in [0, 0.05) is 0 Å². The van der Waals surface area contributed by atoms with Crippen molar-refractivity contribution in [2.75, 3.05) is 13.2 Å². The SMILES string of the molecule is CCOP(OCC)OC(F)(F)C(F)=C(F)F. The molecule has 0 unspecified atom stereocenters. The van der Waals surface area contributed by atoms with Crippen molar-refractivity contribution in [3.8, 4) is 0 Å². The fourth-order valence-corrected chi connectivity index (χ4v) is 1.41. The average molecular weight is 268 g/mol. The van der Waals surface area contributed by atoms with Crippen LogP contribution in [0.4, 0.5) is 22.0 Å². The van der Waals surface area contributed by atoms with E-state index >= 15 is 0 Å². The van der Waals surface area contributed by atoms with Crippen LogP contribution in [0.5, 0.6) is 0 Å². The Hall–Kier alpha value is -0.300. The molecule has 0 saturated heterocycles. The third kappa shape index (κ3) is 5.16. The van der Waals surface area contributed by atoms with E-state index in [-0.39, 0.29) is 13.2 Å². The molecule has 0 fully saturated rings. The third-order valence-electron chi connectivity index (χ3n) is 1.08. The van der Waals surface area contributed by atoms with Crippen LogP contribution in [0.25, 0.3) is 0 Å². The van der Waals surface area contributed by atoms with Gasteiger partial charge >= 0.3 is 20.8 Å². The predicted octanol–water partition coefficient (Wildman–Crippen LogP) is 3.97. The van der Waals surface area contributed by atoms with Crippen molar-refractivity contribution in [3.05, 3.63) is 11.9 Å². The number of halogens is 5. The van der Waals surface area contributed by atoms with Crippen LogP contribution in [0.3, 0.4) is 0 Å². The van der Waals surface area contributed by atoms with Crippen molar-refractivity contribution in [1.29, 1.82) is 0 Å². The lowest BCUT2D eigenvalue weighted by Gasteiger charge is -2.20. The zero-order valence-corrected chi connectivity index (χ0v) is 9.37. The molecular formula is C7H10F5O3P. The van der Waals surface area contributed by atoms with Gasteiger partial charge in [-0.25, -0.2) is 4.52 Å². The van der Waals surface area contributed by atoms with Crippen LogP contribution in [-0.2, 0) is 13.6 Å². The van der Waals surface area contributed by atoms with E-state index in [4.69, 9.17) is 0 Å². The quantitative estimate of drug-likeness (QED) is 0.516. The molecule has 0 aromatic carbocycles. The molecule has 0 N–H and O–H groups in total. The molecule has 3 nitrogen and oxygen atoms in total. The van der Waals surface area contributed by atoms with Crippen LogP contribution < -0.4 is 0 Å². The van der Waals surface area contributed by atoms with Crippen molar-refractivity contribution in [1.82, 2.24) is 0 Å². The molecule has 0 aliphatic carbocycles. The van der Waals surface area contributed by atoms with Crippen LogP contribution in [0.1, 0.15) is 13.8 Å². The van der Waals surface area contributed by atoms with Gasteiger partial charge in [-0.2, -0.15) is 22.0 Å². The Bertz CT molecular complexity index is 238. The smallest absolute Gasteiger partial charge is 0.312 e. The number of hydrogen-bond donors (Lipinski definition) is 0. The summed E-state index contributed by atoms with van der Waals surface area (Å²) in [4.78, 5) is 0. The number of rotatable bonds is 7. The minimum Gasteiger partial charge on any atom is -0.312 e. The normalized spacial score (nSPS) is 12.0. The third-order valence-corrected chi connectivity index (χ3v) is 2.40. The Morgan fingerprint density at radius 2 is 1.50 bits per heavy atom. The molecule has 0 bridgehead atoms. The summed E-state index contributed by atoms with van der Waals surface area (Å²) in [7, 11) is -2.56. The summed E-state index contributed by atoms with van der Waals surface area (Å²) in [6.07, 6.45) is -7.90. The molecular weight excluding hydrogens is 258 g/mol. The molecule has 0 saturated carbocycles. The molecule has 96 valence electrons. The number of hydrogen-bond acceptors (Lipinski definition) is 3. The molecule has 0 radical (unpaired) electrons. The minimum absolute atomic E-state index is 0.0365. The first-order chi connectivity index (χ1) is 7.35. The van der Waals surface area contributed by atoms with Crippen LogP contribution in [0.15, 0.2) is 11.9 Å². The largest absolute Gasteiger partial charge is 0.421 e. The summed E-state index contributed by atoms with van der Waals surface area (Å²) in [5.41, 5.74) is 0. The molecule has 0 amide bonds. The van der Waals surface area contributed by atoms with Crippen LogP contribution in [-0.4, -0.2) is 19.3 Å². The first-order valence-electron chi connectivity index (χ1n) is 4.19. The second-order valence-corrected chi connectivity index (χ2v) is 3.39. The molecule has 0 rings (SSSR count). The molecule has 0 atom stereocenters. The van der Waals surface area contributed by atoms with Gasteiger partial charge in [0.1, 0.15) is 0 Å². The Morgan fingerprint density at radius 3 is 1.81 bits per heavy atom. The van der Waals surface area contributed by atoms with Crippen LogP contribution in [0, 0.1) is 0 Å². The molecule has 0 aromatic rings. The maximum Gasteiger partial charge on any atom is 0.421 e. The summed E-state index contributed by atoms with van der Waals surface area (Å²) < 4.78 is 73.7. The first-order valence-corrected chi connectivity index (χ1v) is 5.28. The van der Waals surface area contributed by atoms with Crippen molar-refractivity contribution in [3.63, 3.8) is 0 Å². The van der Waals surface area contributed by atoms with E-state index in [1.165, 1.54) is 13.8 Å². The van der Waals surface area contributed by atoms with E-state index < -0.39 is 26.6 Å². The predicted molar refractivity (Wildman–Crippen MR) is 46.6 cm³/mol. The molecule has 0 heterocycles. The van der Waals surface area contributed by atoms with E-state index in [9.17, 15) is 22.0 Å². The summed E-state index contributed by atoms with van der Waals surface area (Å²) in [5.74, 6) is -2.94. The van der Waals surface area contributed by atoms with Gasteiger partial charge in [0.05, 0.1) is 13.2 Å². The van der Waals surface area contributed by atoms with E-state index in [1.54, 1.807) is 0 Å².